The molecule has 2 fully saturated rings. The number of ether oxygens (including phenoxy) is 1. The number of carbonyl (C=O) groups is 1. The molecule has 2 aliphatic rings. The van der Waals surface area contributed by atoms with Gasteiger partial charge in [-0.25, -0.2) is 0 Å². The van der Waals surface area contributed by atoms with Crippen LogP contribution in [0.15, 0.2) is 0 Å². The minimum atomic E-state index is -0.663. The Morgan fingerprint density at radius 1 is 1.38 bits per heavy atom. The van der Waals surface area contributed by atoms with Gasteiger partial charge in [0.05, 0.1) is 13.2 Å². The lowest BCUT2D eigenvalue weighted by Gasteiger charge is -2.31. The first-order valence-electron chi connectivity index (χ1n) is 4.83. The molecule has 1 aliphatic heterocycles. The lowest BCUT2D eigenvalue weighted by atomic mass is 10.1. The molecule has 13 heavy (non-hydrogen) atoms. The maximum Gasteiger partial charge on any atom is 0.321 e. The van der Waals surface area contributed by atoms with Gasteiger partial charge in [-0.1, -0.05) is 0 Å². The van der Waals surface area contributed by atoms with E-state index >= 15 is 0 Å². The third-order valence-electron chi connectivity index (χ3n) is 2.76. The van der Waals surface area contributed by atoms with Gasteiger partial charge < -0.3 is 9.84 Å². The van der Waals surface area contributed by atoms with E-state index in [0.29, 0.717) is 19.1 Å². The third-order valence-corrected chi connectivity index (χ3v) is 2.76. The van der Waals surface area contributed by atoms with Crippen LogP contribution in [0, 0.1) is 5.92 Å². The topological polar surface area (TPSA) is 49.8 Å². The number of nitrogens with zero attached hydrogens (tertiary/aromatic N) is 1. The monoisotopic (exact) mass is 185 g/mol. The van der Waals surface area contributed by atoms with Crippen molar-refractivity contribution in [2.24, 2.45) is 5.92 Å². The molecule has 2 rings (SSSR count). The van der Waals surface area contributed by atoms with Crippen molar-refractivity contribution < 1.29 is 14.6 Å². The van der Waals surface area contributed by atoms with Gasteiger partial charge in [-0.2, -0.15) is 0 Å². The number of hydrogen-bond donors (Lipinski definition) is 1. The van der Waals surface area contributed by atoms with Gasteiger partial charge >= 0.3 is 5.97 Å². The van der Waals surface area contributed by atoms with Crippen molar-refractivity contribution in [1.82, 2.24) is 4.90 Å². The highest BCUT2D eigenvalue weighted by atomic mass is 16.5. The molecule has 4 nitrogen and oxygen atoms in total. The molecule has 0 radical (unpaired) electrons. The highest BCUT2D eigenvalue weighted by Crippen LogP contribution is 2.35. The molecular weight excluding hydrogens is 170 g/mol. The van der Waals surface area contributed by atoms with Gasteiger partial charge in [-0.3, -0.25) is 9.69 Å². The van der Waals surface area contributed by atoms with E-state index in [1.165, 1.54) is 0 Å². The Hall–Kier alpha value is -0.610. The minimum absolute atomic E-state index is 0.246. The number of carboxylic acids is 1. The Kier molecular flexibility index (Phi) is 2.51. The molecule has 1 N–H and O–H groups in total. The average Bonchev–Trinajstić information content (AvgIpc) is 2.90. The Labute approximate surface area is 77.5 Å². The summed E-state index contributed by atoms with van der Waals surface area (Å²) >= 11 is 0. The van der Waals surface area contributed by atoms with Gasteiger partial charge in [0.1, 0.15) is 6.04 Å². The zero-order valence-electron chi connectivity index (χ0n) is 7.61. The number of carboxylic acid groups (broad SMARTS) is 1. The molecule has 0 aromatic heterocycles. The maximum atomic E-state index is 11.0. The summed E-state index contributed by atoms with van der Waals surface area (Å²) in [4.78, 5) is 13.0. The molecule has 1 saturated heterocycles. The molecule has 1 heterocycles. The highest BCUT2D eigenvalue weighted by molar-refractivity contribution is 5.74. The predicted molar refractivity (Wildman–Crippen MR) is 46.5 cm³/mol. The van der Waals surface area contributed by atoms with Gasteiger partial charge in [0, 0.05) is 13.1 Å². The molecule has 1 saturated carbocycles. The van der Waals surface area contributed by atoms with Crippen LogP contribution in [-0.4, -0.2) is 48.3 Å². The van der Waals surface area contributed by atoms with E-state index in [0.717, 1.165) is 25.9 Å². The summed E-state index contributed by atoms with van der Waals surface area (Å²) in [6.45, 7) is 2.90. The molecule has 0 aromatic rings. The smallest absolute Gasteiger partial charge is 0.321 e. The number of rotatable bonds is 3. The summed E-state index contributed by atoms with van der Waals surface area (Å²) < 4.78 is 5.20. The van der Waals surface area contributed by atoms with Crippen LogP contribution in [0.25, 0.3) is 0 Å². The fourth-order valence-electron chi connectivity index (χ4n) is 1.92. The Morgan fingerprint density at radius 2 is 2.00 bits per heavy atom. The minimum Gasteiger partial charge on any atom is -0.480 e. The molecule has 4 heteroatoms. The molecule has 0 aromatic carbocycles. The fourth-order valence-corrected chi connectivity index (χ4v) is 1.92. The van der Waals surface area contributed by atoms with Crippen molar-refractivity contribution in [2.75, 3.05) is 26.3 Å². The molecule has 1 aliphatic carbocycles. The Morgan fingerprint density at radius 3 is 2.46 bits per heavy atom. The van der Waals surface area contributed by atoms with Crippen molar-refractivity contribution in [3.8, 4) is 0 Å². The Bertz CT molecular complexity index is 197. The van der Waals surface area contributed by atoms with Crippen LogP contribution in [0.2, 0.25) is 0 Å². The summed E-state index contributed by atoms with van der Waals surface area (Å²) in [5.41, 5.74) is 0. The predicted octanol–water partition coefficient (Wildman–Crippen LogP) is 0.182. The molecule has 1 atom stereocenters. The van der Waals surface area contributed by atoms with E-state index < -0.39 is 5.97 Å². The van der Waals surface area contributed by atoms with Crippen LogP contribution >= 0.6 is 0 Å². The van der Waals surface area contributed by atoms with Crippen molar-refractivity contribution in [2.45, 2.75) is 18.9 Å². The van der Waals surface area contributed by atoms with Gasteiger partial charge in [-0.15, -0.1) is 0 Å². The first-order chi connectivity index (χ1) is 6.29. The maximum absolute atomic E-state index is 11.0. The molecule has 74 valence electrons. The lowest BCUT2D eigenvalue weighted by molar-refractivity contribution is -0.146. The van der Waals surface area contributed by atoms with Crippen LogP contribution in [0.4, 0.5) is 0 Å². The van der Waals surface area contributed by atoms with Crippen LogP contribution in [0.5, 0.6) is 0 Å². The van der Waals surface area contributed by atoms with E-state index in [1.54, 1.807) is 0 Å². The summed E-state index contributed by atoms with van der Waals surface area (Å²) in [5, 5.41) is 9.05. The zero-order valence-corrected chi connectivity index (χ0v) is 7.61. The van der Waals surface area contributed by atoms with Gasteiger partial charge in [-0.05, 0) is 18.8 Å². The fraction of sp³-hybridized carbons (Fsp3) is 0.889. The summed E-state index contributed by atoms with van der Waals surface area (Å²) in [6.07, 6.45) is 2.16. The summed E-state index contributed by atoms with van der Waals surface area (Å²) in [5.74, 6) is -0.264. The van der Waals surface area contributed by atoms with Crippen LogP contribution in [-0.2, 0) is 9.53 Å². The van der Waals surface area contributed by atoms with Crippen molar-refractivity contribution >= 4 is 5.97 Å². The van der Waals surface area contributed by atoms with E-state index in [-0.39, 0.29) is 6.04 Å². The van der Waals surface area contributed by atoms with E-state index in [1.807, 2.05) is 4.90 Å². The second kappa shape index (κ2) is 3.64. The third kappa shape index (κ3) is 2.00. The average molecular weight is 185 g/mol. The zero-order chi connectivity index (χ0) is 9.26. The van der Waals surface area contributed by atoms with Gasteiger partial charge in [0.15, 0.2) is 0 Å². The van der Waals surface area contributed by atoms with Crippen molar-refractivity contribution in [3.05, 3.63) is 0 Å². The lowest BCUT2D eigenvalue weighted by Crippen LogP contribution is -2.48. The van der Waals surface area contributed by atoms with Crippen LogP contribution in [0.1, 0.15) is 12.8 Å². The van der Waals surface area contributed by atoms with Crippen molar-refractivity contribution in [3.63, 3.8) is 0 Å². The van der Waals surface area contributed by atoms with E-state index in [2.05, 4.69) is 0 Å². The van der Waals surface area contributed by atoms with Crippen LogP contribution in [0.3, 0.4) is 0 Å². The molecule has 1 unspecified atom stereocenters. The number of hydrogen-bond acceptors (Lipinski definition) is 3. The molecule has 0 bridgehead atoms. The number of morpholine rings is 1. The standard InChI is InChI=1S/C9H15NO3/c11-9(12)8(7-1-2-7)10-3-5-13-6-4-10/h7-8H,1-6H2,(H,11,12). The summed E-state index contributed by atoms with van der Waals surface area (Å²) in [7, 11) is 0. The van der Waals surface area contributed by atoms with E-state index in [4.69, 9.17) is 9.84 Å². The van der Waals surface area contributed by atoms with Gasteiger partial charge in [0.25, 0.3) is 0 Å². The molecule has 0 spiro atoms. The first kappa shape index (κ1) is 8.97. The van der Waals surface area contributed by atoms with Gasteiger partial charge in [0.2, 0.25) is 0 Å². The largest absolute Gasteiger partial charge is 0.480 e. The molecule has 0 amide bonds. The van der Waals surface area contributed by atoms with Crippen molar-refractivity contribution in [1.29, 1.82) is 0 Å². The second-order valence-corrected chi connectivity index (χ2v) is 3.77. The highest BCUT2D eigenvalue weighted by Gasteiger charge is 2.40. The Balaban J connectivity index is 1.96. The normalized spacial score (nSPS) is 27.1. The summed E-state index contributed by atoms with van der Waals surface area (Å²) in [6, 6.07) is -0.246. The number of aliphatic carboxylic acids is 1. The second-order valence-electron chi connectivity index (χ2n) is 3.77. The quantitative estimate of drug-likeness (QED) is 0.681. The van der Waals surface area contributed by atoms with E-state index in [9.17, 15) is 4.79 Å². The molecular formula is C9H15NO3. The first-order valence-corrected chi connectivity index (χ1v) is 4.83. The SMILES string of the molecule is O=C(O)C(C1CC1)N1CCOCC1. The van der Waals surface area contributed by atoms with Crippen LogP contribution < -0.4 is 0 Å².